The number of nitrogens with zero attached hydrogens (tertiary/aromatic N) is 3. The molecule has 1 aliphatic carbocycles. The van der Waals surface area contributed by atoms with Crippen LogP contribution in [0.25, 0.3) is 38.5 Å². The molecule has 0 unspecified atom stereocenters. The lowest BCUT2D eigenvalue weighted by atomic mass is 9.91. The molecule has 28 heavy (non-hydrogen) atoms. The number of hydrogen-bond donors (Lipinski definition) is 0. The molecule has 0 bridgehead atoms. The zero-order valence-corrected chi connectivity index (χ0v) is 14.9. The van der Waals surface area contributed by atoms with E-state index in [4.69, 9.17) is 4.99 Å². The second kappa shape index (κ2) is 4.87. The summed E-state index contributed by atoms with van der Waals surface area (Å²) in [4.78, 5) is 5.01. The van der Waals surface area contributed by atoms with E-state index in [0.29, 0.717) is 11.3 Å². The van der Waals surface area contributed by atoms with E-state index in [-0.39, 0.29) is 0 Å². The van der Waals surface area contributed by atoms with Gasteiger partial charge in [0.25, 0.3) is 0 Å². The number of aromatic nitrogens is 2. The molecule has 2 aliphatic rings. The lowest BCUT2D eigenvalue weighted by molar-refractivity contribution is -0.535. The molecule has 7 rings (SSSR count). The van der Waals surface area contributed by atoms with Gasteiger partial charge < -0.3 is 0 Å². The quantitative estimate of drug-likeness (QED) is 0.370. The van der Waals surface area contributed by atoms with Crippen LogP contribution >= 0.6 is 0 Å². The summed E-state index contributed by atoms with van der Waals surface area (Å²) in [6, 6.07) is 18.4. The minimum absolute atomic E-state index is 0.694. The van der Waals surface area contributed by atoms with Crippen molar-refractivity contribution >= 4 is 51.6 Å². The highest BCUT2D eigenvalue weighted by Crippen LogP contribution is 2.34. The highest BCUT2D eigenvalue weighted by molar-refractivity contribution is 6.42. The molecule has 0 radical (unpaired) electrons. The van der Waals surface area contributed by atoms with E-state index in [2.05, 4.69) is 36.4 Å². The van der Waals surface area contributed by atoms with Gasteiger partial charge in [-0.05, 0) is 40.6 Å². The van der Waals surface area contributed by atoms with Gasteiger partial charge in [-0.25, -0.2) is 4.48 Å². The molecule has 3 aromatic carbocycles. The fraction of sp³-hybridized carbons (Fsp3) is 0.0435. The van der Waals surface area contributed by atoms with Crippen LogP contribution in [-0.4, -0.2) is 11.7 Å². The van der Waals surface area contributed by atoms with E-state index in [1.807, 2.05) is 36.5 Å². The molecule has 2 aromatic heterocycles. The minimum atomic E-state index is -1.32. The normalized spacial score (nSPS) is 14.5. The Bertz CT molecular complexity index is 1560. The number of fused-ring (bicyclic) bond motifs is 5. The van der Waals surface area contributed by atoms with Crippen LogP contribution in [0.4, 0.5) is 10.1 Å². The Morgan fingerprint density at radius 2 is 1.79 bits per heavy atom. The number of pyridine rings is 1. The maximum atomic E-state index is 16.0. The van der Waals surface area contributed by atoms with Crippen LogP contribution < -0.4 is 9.97 Å². The van der Waals surface area contributed by atoms with Crippen molar-refractivity contribution in [3.8, 4) is 0 Å². The van der Waals surface area contributed by atoms with Crippen molar-refractivity contribution in [1.82, 2.24) is 4.48 Å². The van der Waals surface area contributed by atoms with Gasteiger partial charge in [0.2, 0.25) is 5.49 Å². The molecule has 3 nitrogen and oxygen atoms in total. The van der Waals surface area contributed by atoms with Crippen LogP contribution in [0.15, 0.2) is 71.9 Å². The van der Waals surface area contributed by atoms with Crippen molar-refractivity contribution in [2.24, 2.45) is 4.99 Å². The molecule has 1 aliphatic heterocycles. The van der Waals surface area contributed by atoms with Crippen LogP contribution in [0, 0.1) is 0 Å². The summed E-state index contributed by atoms with van der Waals surface area (Å²) >= 11 is 0. The van der Waals surface area contributed by atoms with Gasteiger partial charge in [0.1, 0.15) is 0 Å². The highest BCUT2D eigenvalue weighted by atomic mass is 19.1. The van der Waals surface area contributed by atoms with Crippen LogP contribution in [0.3, 0.4) is 0 Å². The van der Waals surface area contributed by atoms with E-state index < -0.39 is 7.26 Å². The third-order valence-corrected chi connectivity index (χ3v) is 6.10. The smallest absolute Gasteiger partial charge is 0.274 e. The molecule has 0 spiro atoms. The molecule has 130 valence electrons. The first-order valence-electron chi connectivity index (χ1n) is 9.52. The van der Waals surface area contributed by atoms with Crippen LogP contribution in [0.1, 0.15) is 11.1 Å². The van der Waals surface area contributed by atoms with E-state index >= 15 is 4.32 Å². The first-order valence-corrected chi connectivity index (χ1v) is 9.52. The van der Waals surface area contributed by atoms with E-state index in [0.717, 1.165) is 39.0 Å². The second-order valence-electron chi connectivity index (χ2n) is 7.56. The molecule has 0 N–H and O–H groups in total. The first kappa shape index (κ1) is 14.6. The van der Waals surface area contributed by atoms with Crippen molar-refractivity contribution in [2.75, 3.05) is 0 Å². The zero-order chi connectivity index (χ0) is 18.4. The average Bonchev–Trinajstić information content (AvgIpc) is 3.06. The maximum absolute atomic E-state index is 16.0. The Labute approximate surface area is 160 Å². The van der Waals surface area contributed by atoms with E-state index in [1.54, 1.807) is 8.96 Å². The first-order chi connectivity index (χ1) is 13.8. The Hall–Kier alpha value is -3.47. The largest absolute Gasteiger partial charge is 0.727 e. The SMILES string of the molecule is FB1n2c(c3cccc4cccc2c43)=Nc2c3cccc4c3c(c[n+]21)CC=C4. The highest BCUT2D eigenvalue weighted by Gasteiger charge is 2.41. The van der Waals surface area contributed by atoms with Gasteiger partial charge >= 0.3 is 13.1 Å². The predicted molar refractivity (Wildman–Crippen MR) is 110 cm³/mol. The van der Waals surface area contributed by atoms with Crippen molar-refractivity contribution in [3.05, 3.63) is 83.5 Å². The third-order valence-electron chi connectivity index (χ3n) is 6.10. The van der Waals surface area contributed by atoms with Gasteiger partial charge in [-0.3, -0.25) is 8.79 Å². The third kappa shape index (κ3) is 1.61. The van der Waals surface area contributed by atoms with Crippen LogP contribution in [0.5, 0.6) is 0 Å². The second-order valence-corrected chi connectivity index (χ2v) is 7.56. The van der Waals surface area contributed by atoms with Gasteiger partial charge in [-0.2, -0.15) is 0 Å². The Morgan fingerprint density at radius 1 is 0.964 bits per heavy atom. The summed E-state index contributed by atoms with van der Waals surface area (Å²) in [6.07, 6.45) is 7.04. The standard InChI is InChI=1S/C23H14BFN3/c25-24-27-13-16-9-1-5-14-6-2-10-17(20(14)16)22(27)26-23-18-11-3-7-15-8-4-12-19(21(15)18)28(23)24/h1-8,10-13H,9H2/q+1. The van der Waals surface area contributed by atoms with Crippen LogP contribution in [-0.2, 0) is 6.42 Å². The number of allylic oxidation sites excluding steroid dienone is 1. The number of benzene rings is 3. The molecule has 5 aromatic rings. The minimum Gasteiger partial charge on any atom is -0.274 e. The van der Waals surface area contributed by atoms with Gasteiger partial charge in [0.05, 0.1) is 17.0 Å². The van der Waals surface area contributed by atoms with E-state index in [9.17, 15) is 0 Å². The van der Waals surface area contributed by atoms with Gasteiger partial charge in [-0.15, -0.1) is 0 Å². The molecule has 5 heteroatoms. The molecule has 0 amide bonds. The van der Waals surface area contributed by atoms with Crippen molar-refractivity contribution in [3.63, 3.8) is 0 Å². The van der Waals surface area contributed by atoms with Gasteiger partial charge in [-0.1, -0.05) is 48.6 Å². The molecule has 0 atom stereocenters. The van der Waals surface area contributed by atoms with Crippen molar-refractivity contribution in [1.29, 1.82) is 0 Å². The fourth-order valence-corrected chi connectivity index (χ4v) is 4.94. The Balaban J connectivity index is 1.72. The lowest BCUT2D eigenvalue weighted by Crippen LogP contribution is -2.58. The summed E-state index contributed by atoms with van der Waals surface area (Å²) < 4.78 is 19.4. The number of rotatable bonds is 0. The zero-order valence-electron chi connectivity index (χ0n) is 14.9. The summed E-state index contributed by atoms with van der Waals surface area (Å²) in [5, 5.41) is 5.40. The molecule has 0 fully saturated rings. The topological polar surface area (TPSA) is 21.2 Å². The molecular formula is C23H14BFN3+. The number of halogens is 1. The predicted octanol–water partition coefficient (Wildman–Crippen LogP) is 4.14. The summed E-state index contributed by atoms with van der Waals surface area (Å²) in [5.41, 5.74) is 3.91. The Kier molecular flexibility index (Phi) is 2.54. The van der Waals surface area contributed by atoms with Crippen molar-refractivity contribution in [2.45, 2.75) is 6.42 Å². The molecule has 0 saturated carbocycles. The molecule has 0 saturated heterocycles. The fourth-order valence-electron chi connectivity index (χ4n) is 4.94. The lowest BCUT2D eigenvalue weighted by Gasteiger charge is -2.17. The molecular weight excluding hydrogens is 348 g/mol. The monoisotopic (exact) mass is 362 g/mol. The summed E-state index contributed by atoms with van der Waals surface area (Å²) in [7, 11) is -1.32. The summed E-state index contributed by atoms with van der Waals surface area (Å²) in [5.74, 6) is 0.694. The maximum Gasteiger partial charge on any atom is 0.727 e. The average molecular weight is 362 g/mol. The van der Waals surface area contributed by atoms with Gasteiger partial charge in [0.15, 0.2) is 0 Å². The van der Waals surface area contributed by atoms with Crippen LogP contribution in [0.2, 0.25) is 0 Å². The van der Waals surface area contributed by atoms with E-state index in [1.165, 1.54) is 10.9 Å². The number of hydrogen-bond acceptors (Lipinski definition) is 1. The molecule has 3 heterocycles. The van der Waals surface area contributed by atoms with Gasteiger partial charge in [0, 0.05) is 21.9 Å². The Morgan fingerprint density at radius 3 is 2.71 bits per heavy atom. The van der Waals surface area contributed by atoms with Crippen molar-refractivity contribution < 1.29 is 8.79 Å². The summed E-state index contributed by atoms with van der Waals surface area (Å²) in [6.45, 7) is 0.